The predicted octanol–water partition coefficient (Wildman–Crippen LogP) is 4.31. The molecule has 6 heteroatoms. The van der Waals surface area contributed by atoms with Gasteiger partial charge in [-0.1, -0.05) is 30.3 Å². The quantitative estimate of drug-likeness (QED) is 0.686. The van der Waals surface area contributed by atoms with Crippen LogP contribution in [0.2, 0.25) is 0 Å². The molecule has 1 heterocycles. The number of ether oxygens (including phenoxy) is 1. The van der Waals surface area contributed by atoms with Gasteiger partial charge in [-0.25, -0.2) is 9.37 Å². The monoisotopic (exact) mass is 327 g/mol. The van der Waals surface area contributed by atoms with Crippen molar-refractivity contribution in [3.8, 4) is 11.8 Å². The molecule has 116 valence electrons. The Morgan fingerprint density at radius 1 is 1.04 bits per heavy atom. The van der Waals surface area contributed by atoms with Crippen LogP contribution in [0.1, 0.15) is 5.56 Å². The number of para-hydroxylation sites is 1. The van der Waals surface area contributed by atoms with Crippen LogP contribution in [0.25, 0.3) is 0 Å². The topological polar surface area (TPSA) is 47.0 Å². The van der Waals surface area contributed by atoms with E-state index < -0.39 is 5.82 Å². The van der Waals surface area contributed by atoms with Crippen LogP contribution in [0.3, 0.4) is 0 Å². The molecule has 0 saturated carbocycles. The standard InChI is InChI=1S/C17H14FN3OS/c18-13-6-2-3-7-14(13)22-17-19-10-9-16(21-17)20-11-12-5-1-4-8-15(12)23/h1-10,23H,11H2,(H,19,20,21). The summed E-state index contributed by atoms with van der Waals surface area (Å²) in [6.45, 7) is 0.565. The second-order valence-electron chi connectivity index (χ2n) is 4.74. The summed E-state index contributed by atoms with van der Waals surface area (Å²) < 4.78 is 19.0. The minimum atomic E-state index is -0.460. The smallest absolute Gasteiger partial charge is 0.323 e. The molecule has 23 heavy (non-hydrogen) atoms. The summed E-state index contributed by atoms with van der Waals surface area (Å²) in [7, 11) is 0. The van der Waals surface area contributed by atoms with Crippen LogP contribution in [-0.4, -0.2) is 9.97 Å². The lowest BCUT2D eigenvalue weighted by atomic mass is 10.2. The first-order valence-electron chi connectivity index (χ1n) is 6.98. The van der Waals surface area contributed by atoms with Crippen LogP contribution in [0.15, 0.2) is 65.7 Å². The van der Waals surface area contributed by atoms with Crippen LogP contribution in [-0.2, 0) is 6.54 Å². The van der Waals surface area contributed by atoms with E-state index in [4.69, 9.17) is 4.74 Å². The number of hydrogen-bond donors (Lipinski definition) is 2. The van der Waals surface area contributed by atoms with Crippen molar-refractivity contribution in [2.45, 2.75) is 11.4 Å². The van der Waals surface area contributed by atoms with E-state index in [1.54, 1.807) is 24.4 Å². The molecule has 0 aliphatic carbocycles. The van der Waals surface area contributed by atoms with Crippen LogP contribution in [0.5, 0.6) is 11.8 Å². The molecule has 0 atom stereocenters. The Bertz CT molecular complexity index is 813. The molecule has 0 radical (unpaired) electrons. The predicted molar refractivity (Wildman–Crippen MR) is 89.5 cm³/mol. The van der Waals surface area contributed by atoms with Gasteiger partial charge in [-0.2, -0.15) is 4.98 Å². The molecule has 0 aliphatic rings. The fraction of sp³-hybridized carbons (Fsp3) is 0.0588. The van der Waals surface area contributed by atoms with Crippen LogP contribution < -0.4 is 10.1 Å². The van der Waals surface area contributed by atoms with Gasteiger partial charge < -0.3 is 10.1 Å². The number of halogens is 1. The van der Waals surface area contributed by atoms with E-state index in [-0.39, 0.29) is 11.8 Å². The molecular formula is C17H14FN3OS. The van der Waals surface area contributed by atoms with E-state index in [0.717, 1.165) is 10.5 Å². The maximum absolute atomic E-state index is 13.6. The van der Waals surface area contributed by atoms with Gasteiger partial charge in [-0.05, 0) is 29.8 Å². The van der Waals surface area contributed by atoms with Gasteiger partial charge in [0.2, 0.25) is 0 Å². The van der Waals surface area contributed by atoms with Crippen LogP contribution in [0, 0.1) is 5.82 Å². The average Bonchev–Trinajstić information content (AvgIpc) is 2.57. The summed E-state index contributed by atoms with van der Waals surface area (Å²) >= 11 is 4.40. The first kappa shape index (κ1) is 15.3. The van der Waals surface area contributed by atoms with Gasteiger partial charge in [0, 0.05) is 17.6 Å². The molecule has 3 aromatic rings. The summed E-state index contributed by atoms with van der Waals surface area (Å²) in [5.74, 6) is 0.215. The number of anilines is 1. The lowest BCUT2D eigenvalue weighted by molar-refractivity contribution is 0.411. The SMILES string of the molecule is Fc1ccccc1Oc1nccc(NCc2ccccc2S)n1. The Morgan fingerprint density at radius 3 is 2.65 bits per heavy atom. The molecule has 0 bridgehead atoms. The highest BCUT2D eigenvalue weighted by Gasteiger charge is 2.06. The highest BCUT2D eigenvalue weighted by molar-refractivity contribution is 7.80. The first-order valence-corrected chi connectivity index (χ1v) is 7.43. The number of rotatable bonds is 5. The van der Waals surface area contributed by atoms with Crippen molar-refractivity contribution in [3.63, 3.8) is 0 Å². The fourth-order valence-electron chi connectivity index (χ4n) is 1.96. The minimum absolute atomic E-state index is 0.0826. The van der Waals surface area contributed by atoms with Crippen molar-refractivity contribution in [2.24, 2.45) is 0 Å². The molecule has 0 unspecified atom stereocenters. The third-order valence-electron chi connectivity index (χ3n) is 3.12. The van der Waals surface area contributed by atoms with Crippen molar-refractivity contribution in [1.82, 2.24) is 9.97 Å². The van der Waals surface area contributed by atoms with Gasteiger partial charge in [0.15, 0.2) is 11.6 Å². The molecule has 0 spiro atoms. The normalized spacial score (nSPS) is 10.3. The van der Waals surface area contributed by atoms with E-state index in [1.165, 1.54) is 12.1 Å². The second kappa shape index (κ2) is 7.11. The Morgan fingerprint density at radius 2 is 1.83 bits per heavy atom. The molecule has 2 aromatic carbocycles. The molecule has 4 nitrogen and oxygen atoms in total. The Kier molecular flexibility index (Phi) is 4.73. The van der Waals surface area contributed by atoms with Gasteiger partial charge in [-0.3, -0.25) is 0 Å². The van der Waals surface area contributed by atoms with E-state index in [2.05, 4.69) is 27.9 Å². The van der Waals surface area contributed by atoms with E-state index >= 15 is 0 Å². The molecule has 0 saturated heterocycles. The second-order valence-corrected chi connectivity index (χ2v) is 5.22. The lowest BCUT2D eigenvalue weighted by Gasteiger charge is -2.09. The summed E-state index contributed by atoms with van der Waals surface area (Å²) in [6.07, 6.45) is 1.55. The highest BCUT2D eigenvalue weighted by atomic mass is 32.1. The first-order chi connectivity index (χ1) is 11.2. The third-order valence-corrected chi connectivity index (χ3v) is 3.56. The number of hydrogen-bond acceptors (Lipinski definition) is 5. The number of aromatic nitrogens is 2. The number of nitrogens with zero attached hydrogens (tertiary/aromatic N) is 2. The number of benzene rings is 2. The molecule has 0 amide bonds. The van der Waals surface area contributed by atoms with Gasteiger partial charge in [-0.15, -0.1) is 12.6 Å². The lowest BCUT2D eigenvalue weighted by Crippen LogP contribution is -2.03. The summed E-state index contributed by atoms with van der Waals surface area (Å²) in [6, 6.07) is 15.7. The van der Waals surface area contributed by atoms with E-state index in [9.17, 15) is 4.39 Å². The molecule has 3 rings (SSSR count). The van der Waals surface area contributed by atoms with Crippen molar-refractivity contribution in [1.29, 1.82) is 0 Å². The van der Waals surface area contributed by atoms with Gasteiger partial charge in [0.05, 0.1) is 0 Å². The molecule has 0 fully saturated rings. The minimum Gasteiger partial charge on any atom is -0.421 e. The van der Waals surface area contributed by atoms with E-state index in [1.807, 2.05) is 24.3 Å². The van der Waals surface area contributed by atoms with Crippen molar-refractivity contribution in [2.75, 3.05) is 5.32 Å². The molecule has 1 aromatic heterocycles. The third kappa shape index (κ3) is 3.98. The maximum atomic E-state index is 13.6. The zero-order valence-corrected chi connectivity index (χ0v) is 13.0. The molecule has 0 aliphatic heterocycles. The van der Waals surface area contributed by atoms with Crippen molar-refractivity contribution in [3.05, 3.63) is 72.2 Å². The van der Waals surface area contributed by atoms with Gasteiger partial charge >= 0.3 is 6.01 Å². The zero-order valence-electron chi connectivity index (χ0n) is 12.1. The largest absolute Gasteiger partial charge is 0.421 e. The summed E-state index contributed by atoms with van der Waals surface area (Å²) in [5.41, 5.74) is 1.05. The van der Waals surface area contributed by atoms with E-state index in [0.29, 0.717) is 12.4 Å². The van der Waals surface area contributed by atoms with Crippen LogP contribution in [0.4, 0.5) is 10.2 Å². The Labute approximate surface area is 138 Å². The Hall–Kier alpha value is -2.60. The summed E-state index contributed by atoms with van der Waals surface area (Å²) in [4.78, 5) is 9.11. The average molecular weight is 327 g/mol. The van der Waals surface area contributed by atoms with Crippen molar-refractivity contribution >= 4 is 18.4 Å². The fourth-order valence-corrected chi connectivity index (χ4v) is 2.20. The highest BCUT2D eigenvalue weighted by Crippen LogP contribution is 2.22. The Balaban J connectivity index is 1.70. The van der Waals surface area contributed by atoms with Crippen LogP contribution >= 0.6 is 12.6 Å². The molecule has 1 N–H and O–H groups in total. The molecular weight excluding hydrogens is 313 g/mol. The van der Waals surface area contributed by atoms with Gasteiger partial charge in [0.25, 0.3) is 0 Å². The number of nitrogens with one attached hydrogen (secondary N) is 1. The van der Waals surface area contributed by atoms with Gasteiger partial charge in [0.1, 0.15) is 5.82 Å². The zero-order chi connectivity index (χ0) is 16.1. The summed E-state index contributed by atoms with van der Waals surface area (Å²) in [5, 5.41) is 3.17. The number of thiol groups is 1. The van der Waals surface area contributed by atoms with Crippen molar-refractivity contribution < 1.29 is 9.13 Å². The maximum Gasteiger partial charge on any atom is 0.323 e.